The molecule has 2 rings (SSSR count). The van der Waals surface area contributed by atoms with Crippen molar-refractivity contribution in [3.63, 3.8) is 0 Å². The van der Waals surface area contributed by atoms with E-state index < -0.39 is 11.7 Å². The van der Waals surface area contributed by atoms with Gasteiger partial charge in [-0.1, -0.05) is 6.57 Å². The zero-order valence-electron chi connectivity index (χ0n) is 14.0. The Morgan fingerprint density at radius 3 is 3.04 bits per heavy atom. The Hall–Kier alpha value is -1.85. The van der Waals surface area contributed by atoms with Gasteiger partial charge in [-0.2, -0.15) is 0 Å². The lowest BCUT2D eigenvalue weighted by atomic mass is 10.2. The van der Waals surface area contributed by atoms with Gasteiger partial charge in [0, 0.05) is 13.1 Å². The molecule has 2 heterocycles. The highest BCUT2D eigenvalue weighted by atomic mass is 79.9. The largest absolute Gasteiger partial charge is 0.444 e. The van der Waals surface area contributed by atoms with E-state index in [2.05, 4.69) is 31.1 Å². The number of carbonyl (C=O) groups excluding carboxylic acids is 1. The number of pyridine rings is 1. The van der Waals surface area contributed by atoms with Crippen LogP contribution in [-0.4, -0.2) is 49.0 Å². The molecule has 0 aromatic carbocycles. The predicted molar refractivity (Wildman–Crippen MR) is 94.4 cm³/mol. The fourth-order valence-corrected chi connectivity index (χ4v) is 2.69. The molecule has 1 saturated heterocycles. The molecular weight excluding hydrogens is 376 g/mol. The fraction of sp³-hybridized carbons (Fsp3) is 0.562. The lowest BCUT2D eigenvalue weighted by Crippen LogP contribution is -2.52. The number of anilines is 1. The maximum Gasteiger partial charge on any atom is 0.407 e. The molecule has 130 valence electrons. The van der Waals surface area contributed by atoms with E-state index in [1.54, 1.807) is 6.20 Å². The summed E-state index contributed by atoms with van der Waals surface area (Å²) in [6.45, 7) is 14.8. The topological polar surface area (TPSA) is 68.0 Å². The van der Waals surface area contributed by atoms with Crippen LogP contribution >= 0.6 is 15.9 Å². The first kappa shape index (κ1) is 18.5. The van der Waals surface area contributed by atoms with Crippen molar-refractivity contribution in [3.8, 4) is 0 Å². The van der Waals surface area contributed by atoms with Crippen molar-refractivity contribution in [2.45, 2.75) is 32.4 Å². The number of morpholine rings is 1. The zero-order valence-corrected chi connectivity index (χ0v) is 15.6. The van der Waals surface area contributed by atoms with Crippen LogP contribution in [0.2, 0.25) is 0 Å². The van der Waals surface area contributed by atoms with Gasteiger partial charge in [0.15, 0.2) is 0 Å². The SMILES string of the molecule is [C-]#[N+]c1ncc(Br)cc1N1CCOCC1CNC(=O)OC(C)(C)C. The summed E-state index contributed by atoms with van der Waals surface area (Å²) in [5.41, 5.74) is 0.192. The van der Waals surface area contributed by atoms with Crippen molar-refractivity contribution < 1.29 is 14.3 Å². The standard InChI is InChI=1S/C16H21BrN4O3/c1-16(2,3)24-15(22)20-9-12-10-23-6-5-21(12)13-7-11(17)8-19-14(13)18-4/h7-8,12H,5-6,9-10H2,1-3H3,(H,20,22). The van der Waals surface area contributed by atoms with Gasteiger partial charge in [0.2, 0.25) is 0 Å². The minimum Gasteiger partial charge on any atom is -0.444 e. The van der Waals surface area contributed by atoms with Crippen molar-refractivity contribution in [3.05, 3.63) is 28.2 Å². The van der Waals surface area contributed by atoms with E-state index in [0.29, 0.717) is 32.1 Å². The number of halogens is 1. The lowest BCUT2D eigenvalue weighted by molar-refractivity contribution is 0.0498. The molecule has 1 N–H and O–H groups in total. The van der Waals surface area contributed by atoms with Gasteiger partial charge in [-0.15, -0.1) is 4.98 Å². The normalized spacial score (nSPS) is 18.0. The number of carbonyl (C=O) groups is 1. The van der Waals surface area contributed by atoms with E-state index in [4.69, 9.17) is 16.0 Å². The molecule has 1 amide bonds. The van der Waals surface area contributed by atoms with Gasteiger partial charge < -0.3 is 24.5 Å². The number of alkyl carbamates (subject to hydrolysis) is 1. The van der Waals surface area contributed by atoms with Crippen LogP contribution < -0.4 is 10.2 Å². The monoisotopic (exact) mass is 396 g/mol. The van der Waals surface area contributed by atoms with Gasteiger partial charge in [-0.05, 0) is 42.8 Å². The minimum atomic E-state index is -0.543. The molecule has 8 heteroatoms. The second kappa shape index (κ2) is 7.81. The quantitative estimate of drug-likeness (QED) is 0.794. The Morgan fingerprint density at radius 1 is 1.62 bits per heavy atom. The van der Waals surface area contributed by atoms with Crippen LogP contribution in [0.25, 0.3) is 4.85 Å². The summed E-state index contributed by atoms with van der Waals surface area (Å²) in [4.78, 5) is 21.6. The van der Waals surface area contributed by atoms with E-state index in [0.717, 1.165) is 10.2 Å². The van der Waals surface area contributed by atoms with Gasteiger partial charge in [-0.3, -0.25) is 0 Å². The molecule has 1 aliphatic heterocycles. The van der Waals surface area contributed by atoms with Crippen molar-refractivity contribution in [2.75, 3.05) is 31.2 Å². The van der Waals surface area contributed by atoms with Crippen LogP contribution in [0.15, 0.2) is 16.7 Å². The smallest absolute Gasteiger partial charge is 0.407 e. The summed E-state index contributed by atoms with van der Waals surface area (Å²) >= 11 is 3.39. The number of amides is 1. The fourth-order valence-electron chi connectivity index (χ4n) is 2.38. The van der Waals surface area contributed by atoms with Crippen LogP contribution in [0.5, 0.6) is 0 Å². The number of ether oxygens (including phenoxy) is 2. The predicted octanol–water partition coefficient (Wildman–Crippen LogP) is 3.12. The van der Waals surface area contributed by atoms with Crippen LogP contribution in [0.3, 0.4) is 0 Å². The molecular formula is C16H21BrN4O3. The Labute approximate surface area is 150 Å². The second-order valence-corrected chi connectivity index (χ2v) is 7.33. The molecule has 1 unspecified atom stereocenters. The Morgan fingerprint density at radius 2 is 2.38 bits per heavy atom. The Bertz CT molecular complexity index is 639. The summed E-state index contributed by atoms with van der Waals surface area (Å²) in [7, 11) is 0. The number of hydrogen-bond donors (Lipinski definition) is 1. The zero-order chi connectivity index (χ0) is 17.7. The first-order valence-electron chi connectivity index (χ1n) is 7.64. The van der Waals surface area contributed by atoms with Crippen molar-refractivity contribution in [1.29, 1.82) is 0 Å². The first-order chi connectivity index (χ1) is 11.3. The Balaban J connectivity index is 2.10. The molecule has 1 aliphatic rings. The van der Waals surface area contributed by atoms with Gasteiger partial charge in [0.25, 0.3) is 5.82 Å². The summed E-state index contributed by atoms with van der Waals surface area (Å²) in [5, 5.41) is 2.77. The number of hydrogen-bond acceptors (Lipinski definition) is 5. The maximum absolute atomic E-state index is 11.9. The molecule has 0 spiro atoms. The lowest BCUT2D eigenvalue weighted by Gasteiger charge is -2.38. The third kappa shape index (κ3) is 5.08. The molecule has 1 aromatic rings. The van der Waals surface area contributed by atoms with Crippen molar-refractivity contribution in [1.82, 2.24) is 10.3 Å². The number of nitrogens with zero attached hydrogens (tertiary/aromatic N) is 3. The van der Waals surface area contributed by atoms with E-state index in [-0.39, 0.29) is 6.04 Å². The number of aromatic nitrogens is 1. The third-order valence-electron chi connectivity index (χ3n) is 3.34. The highest BCUT2D eigenvalue weighted by Crippen LogP contribution is 2.31. The van der Waals surface area contributed by atoms with Crippen molar-refractivity contribution in [2.24, 2.45) is 0 Å². The Kier molecular flexibility index (Phi) is 6.02. The number of nitrogens with one attached hydrogen (secondary N) is 1. The first-order valence-corrected chi connectivity index (χ1v) is 8.43. The molecule has 0 aliphatic carbocycles. The van der Waals surface area contributed by atoms with Gasteiger partial charge in [-0.25, -0.2) is 4.79 Å². The maximum atomic E-state index is 11.9. The van der Waals surface area contributed by atoms with Gasteiger partial charge in [0.1, 0.15) is 11.8 Å². The average Bonchev–Trinajstić information content (AvgIpc) is 2.51. The van der Waals surface area contributed by atoms with Crippen LogP contribution in [-0.2, 0) is 9.47 Å². The van der Waals surface area contributed by atoms with E-state index >= 15 is 0 Å². The molecule has 1 fully saturated rings. The molecule has 0 radical (unpaired) electrons. The van der Waals surface area contributed by atoms with Gasteiger partial charge in [0.05, 0.1) is 29.4 Å². The van der Waals surface area contributed by atoms with Gasteiger partial charge >= 0.3 is 6.09 Å². The summed E-state index contributed by atoms with van der Waals surface area (Å²) in [6.07, 6.45) is 1.14. The summed E-state index contributed by atoms with van der Waals surface area (Å²) < 4.78 is 11.6. The molecule has 1 aromatic heterocycles. The molecule has 0 saturated carbocycles. The van der Waals surface area contributed by atoms with Crippen LogP contribution in [0.4, 0.5) is 16.3 Å². The average molecular weight is 397 g/mol. The summed E-state index contributed by atoms with van der Waals surface area (Å²) in [6, 6.07) is 1.77. The van der Waals surface area contributed by atoms with Crippen LogP contribution in [0, 0.1) is 6.57 Å². The third-order valence-corrected chi connectivity index (χ3v) is 3.77. The highest BCUT2D eigenvalue weighted by Gasteiger charge is 2.27. The van der Waals surface area contributed by atoms with E-state index in [9.17, 15) is 4.79 Å². The minimum absolute atomic E-state index is 0.0946. The summed E-state index contributed by atoms with van der Waals surface area (Å²) in [5.74, 6) is 0.336. The molecule has 7 nitrogen and oxygen atoms in total. The second-order valence-electron chi connectivity index (χ2n) is 6.41. The van der Waals surface area contributed by atoms with E-state index in [1.165, 1.54) is 0 Å². The molecule has 0 bridgehead atoms. The molecule has 24 heavy (non-hydrogen) atoms. The number of rotatable bonds is 3. The molecule has 1 atom stereocenters. The highest BCUT2D eigenvalue weighted by molar-refractivity contribution is 9.10. The van der Waals surface area contributed by atoms with E-state index in [1.807, 2.05) is 31.7 Å². The van der Waals surface area contributed by atoms with Crippen molar-refractivity contribution >= 4 is 33.5 Å². The van der Waals surface area contributed by atoms with Crippen LogP contribution in [0.1, 0.15) is 20.8 Å².